The molecule has 1 heterocycles. The second-order valence-electron chi connectivity index (χ2n) is 7.04. The lowest BCUT2D eigenvalue weighted by atomic mass is 10.1. The number of hydrogen-bond acceptors (Lipinski definition) is 3. The van der Waals surface area contributed by atoms with Gasteiger partial charge >= 0.3 is 6.03 Å². The van der Waals surface area contributed by atoms with Gasteiger partial charge in [-0.1, -0.05) is 31.2 Å². The molecule has 1 aliphatic rings. The monoisotopic (exact) mass is 377 g/mol. The number of hydrogen-bond donors (Lipinski definition) is 1. The van der Waals surface area contributed by atoms with Crippen molar-refractivity contribution < 1.29 is 9.59 Å². The van der Waals surface area contributed by atoms with Crippen LogP contribution in [-0.4, -0.2) is 52.7 Å². The third kappa shape index (κ3) is 4.72. The van der Waals surface area contributed by atoms with Gasteiger partial charge in [-0.3, -0.25) is 4.79 Å². The zero-order valence-corrected chi connectivity index (χ0v) is 17.3. The highest BCUT2D eigenvalue weighted by Gasteiger charge is 2.39. The number of nitrogens with one attached hydrogen (secondary N) is 1. The molecule has 0 aromatic heterocycles. The molecule has 1 aliphatic heterocycles. The molecule has 3 amide bonds. The molecule has 1 aromatic carbocycles. The van der Waals surface area contributed by atoms with Crippen molar-refractivity contribution in [3.63, 3.8) is 0 Å². The van der Waals surface area contributed by atoms with E-state index in [0.717, 1.165) is 6.42 Å². The van der Waals surface area contributed by atoms with Gasteiger partial charge < -0.3 is 15.1 Å². The number of carbonyl (C=O) groups excluding carboxylic acids is 2. The van der Waals surface area contributed by atoms with Gasteiger partial charge in [0.25, 0.3) is 0 Å². The van der Waals surface area contributed by atoms with Gasteiger partial charge in [-0.25, -0.2) is 4.79 Å². The van der Waals surface area contributed by atoms with E-state index in [1.165, 1.54) is 11.1 Å². The average Bonchev–Trinajstić information content (AvgIpc) is 2.88. The fourth-order valence-electron chi connectivity index (χ4n) is 3.15. The quantitative estimate of drug-likeness (QED) is 0.787. The minimum absolute atomic E-state index is 0.0198. The van der Waals surface area contributed by atoms with Gasteiger partial charge in [-0.05, 0) is 45.2 Å². The highest BCUT2D eigenvalue weighted by molar-refractivity contribution is 8.01. The van der Waals surface area contributed by atoms with Gasteiger partial charge in [-0.2, -0.15) is 0 Å². The maximum absolute atomic E-state index is 12.7. The van der Waals surface area contributed by atoms with Crippen molar-refractivity contribution in [3.8, 4) is 0 Å². The Bertz CT molecular complexity index is 635. The number of carbonyl (C=O) groups is 2. The van der Waals surface area contributed by atoms with Gasteiger partial charge in [0.2, 0.25) is 5.91 Å². The Labute approximate surface area is 161 Å². The van der Waals surface area contributed by atoms with Crippen molar-refractivity contribution in [1.29, 1.82) is 0 Å². The topological polar surface area (TPSA) is 52.7 Å². The smallest absolute Gasteiger partial charge is 0.317 e. The minimum Gasteiger partial charge on any atom is -0.338 e. The molecular formula is C20H31N3O2S. The summed E-state index contributed by atoms with van der Waals surface area (Å²) in [5.74, 6) is 0.154. The third-order valence-electron chi connectivity index (χ3n) is 4.69. The van der Waals surface area contributed by atoms with Gasteiger partial charge in [0, 0.05) is 25.7 Å². The first-order chi connectivity index (χ1) is 12.4. The van der Waals surface area contributed by atoms with E-state index in [-0.39, 0.29) is 28.6 Å². The first-order valence-electron chi connectivity index (χ1n) is 9.42. The zero-order valence-electron chi connectivity index (χ0n) is 16.5. The van der Waals surface area contributed by atoms with Crippen molar-refractivity contribution in [3.05, 3.63) is 35.4 Å². The molecular weight excluding hydrogens is 346 g/mol. The fraction of sp³-hybridized carbons (Fsp3) is 0.600. The van der Waals surface area contributed by atoms with Crippen molar-refractivity contribution in [1.82, 2.24) is 15.1 Å². The molecule has 5 nitrogen and oxygen atoms in total. The van der Waals surface area contributed by atoms with Crippen LogP contribution < -0.4 is 5.32 Å². The Morgan fingerprint density at radius 3 is 2.65 bits per heavy atom. The molecule has 1 N–H and O–H groups in total. The van der Waals surface area contributed by atoms with E-state index in [4.69, 9.17) is 0 Å². The van der Waals surface area contributed by atoms with Crippen LogP contribution in [0.25, 0.3) is 0 Å². The van der Waals surface area contributed by atoms with Gasteiger partial charge in [0.05, 0.1) is 5.25 Å². The summed E-state index contributed by atoms with van der Waals surface area (Å²) < 4.78 is 0. The first kappa shape index (κ1) is 20.6. The van der Waals surface area contributed by atoms with Crippen molar-refractivity contribution in [2.24, 2.45) is 0 Å². The van der Waals surface area contributed by atoms with Crippen LogP contribution in [0, 0.1) is 6.92 Å². The van der Waals surface area contributed by atoms with Gasteiger partial charge in [-0.15, -0.1) is 11.8 Å². The molecule has 26 heavy (non-hydrogen) atoms. The van der Waals surface area contributed by atoms with E-state index in [0.29, 0.717) is 19.6 Å². The first-order valence-corrected chi connectivity index (χ1v) is 10.4. The van der Waals surface area contributed by atoms with Crippen LogP contribution in [0.4, 0.5) is 4.79 Å². The molecule has 1 aromatic rings. The standard InChI is InChI=1S/C20H31N3O2S/c1-6-11-21-20(25)22(14(2)3)12-13-23-18(24)16(5)26-19(23)17-10-8-7-9-15(17)4/h7-10,14,16,19H,6,11-13H2,1-5H3,(H,21,25)/t16-,19+/m1/s1. The van der Waals surface area contributed by atoms with E-state index in [1.807, 2.05) is 49.6 Å². The molecule has 0 radical (unpaired) electrons. The normalized spacial score (nSPS) is 19.9. The van der Waals surface area contributed by atoms with E-state index in [1.54, 1.807) is 11.8 Å². The molecule has 0 spiro atoms. The zero-order chi connectivity index (χ0) is 19.3. The molecule has 1 saturated heterocycles. The summed E-state index contributed by atoms with van der Waals surface area (Å²) in [7, 11) is 0. The van der Waals surface area contributed by atoms with Gasteiger partial charge in [0.15, 0.2) is 0 Å². The average molecular weight is 378 g/mol. The summed E-state index contributed by atoms with van der Waals surface area (Å²) >= 11 is 1.69. The molecule has 0 bridgehead atoms. The van der Waals surface area contributed by atoms with E-state index < -0.39 is 0 Å². The molecule has 1 fully saturated rings. The fourth-order valence-corrected chi connectivity index (χ4v) is 4.56. The predicted molar refractivity (Wildman–Crippen MR) is 108 cm³/mol. The van der Waals surface area contributed by atoms with Crippen LogP contribution >= 0.6 is 11.8 Å². The molecule has 0 saturated carbocycles. The number of thioether (sulfide) groups is 1. The largest absolute Gasteiger partial charge is 0.338 e. The lowest BCUT2D eigenvalue weighted by molar-refractivity contribution is -0.130. The molecule has 0 aliphatic carbocycles. The second-order valence-corrected chi connectivity index (χ2v) is 8.46. The Morgan fingerprint density at radius 2 is 2.04 bits per heavy atom. The van der Waals surface area contributed by atoms with E-state index in [9.17, 15) is 9.59 Å². The van der Waals surface area contributed by atoms with Crippen molar-refractivity contribution in [2.75, 3.05) is 19.6 Å². The molecule has 6 heteroatoms. The molecule has 2 atom stereocenters. The number of amides is 3. The van der Waals surface area contributed by atoms with Crippen molar-refractivity contribution in [2.45, 2.75) is 57.7 Å². The summed E-state index contributed by atoms with van der Waals surface area (Å²) in [5, 5.41) is 2.90. The number of urea groups is 1. The Hall–Kier alpha value is -1.69. The summed E-state index contributed by atoms with van der Waals surface area (Å²) in [4.78, 5) is 28.9. The Morgan fingerprint density at radius 1 is 1.35 bits per heavy atom. The highest BCUT2D eigenvalue weighted by Crippen LogP contribution is 2.43. The summed E-state index contributed by atoms with van der Waals surface area (Å²) in [6, 6.07) is 8.26. The van der Waals surface area contributed by atoms with Crippen LogP contribution in [0.3, 0.4) is 0 Å². The third-order valence-corrected chi connectivity index (χ3v) is 6.07. The lowest BCUT2D eigenvalue weighted by Gasteiger charge is -2.31. The SMILES string of the molecule is CCCNC(=O)N(CCN1C(=O)[C@@H](C)S[C@H]1c1ccccc1C)C(C)C. The maximum atomic E-state index is 12.7. The number of benzene rings is 1. The second kappa shape index (κ2) is 9.31. The van der Waals surface area contributed by atoms with Crippen LogP contribution in [0.2, 0.25) is 0 Å². The van der Waals surface area contributed by atoms with Crippen LogP contribution in [0.5, 0.6) is 0 Å². The summed E-state index contributed by atoms with van der Waals surface area (Å²) in [6.45, 7) is 11.9. The Balaban J connectivity index is 2.12. The van der Waals surface area contributed by atoms with Crippen LogP contribution in [0.1, 0.15) is 50.6 Å². The van der Waals surface area contributed by atoms with Crippen molar-refractivity contribution >= 4 is 23.7 Å². The van der Waals surface area contributed by atoms with Gasteiger partial charge in [0.1, 0.15) is 5.37 Å². The molecule has 144 valence electrons. The number of aryl methyl sites for hydroxylation is 1. The summed E-state index contributed by atoms with van der Waals surface area (Å²) in [6.07, 6.45) is 0.909. The number of nitrogens with zero attached hydrogens (tertiary/aromatic N) is 2. The Kier molecular flexibility index (Phi) is 7.38. The molecule has 2 rings (SSSR count). The predicted octanol–water partition coefficient (Wildman–Crippen LogP) is 3.79. The minimum atomic E-state index is -0.0546. The van der Waals surface area contributed by atoms with Crippen LogP contribution in [0.15, 0.2) is 24.3 Å². The lowest BCUT2D eigenvalue weighted by Crippen LogP contribution is -2.48. The van der Waals surface area contributed by atoms with Crippen LogP contribution in [-0.2, 0) is 4.79 Å². The highest BCUT2D eigenvalue weighted by atomic mass is 32.2. The summed E-state index contributed by atoms with van der Waals surface area (Å²) in [5.41, 5.74) is 2.38. The maximum Gasteiger partial charge on any atom is 0.317 e. The van der Waals surface area contributed by atoms with E-state index in [2.05, 4.69) is 24.4 Å². The molecule has 0 unspecified atom stereocenters. The van der Waals surface area contributed by atoms with E-state index >= 15 is 0 Å². The number of rotatable bonds is 7.